The molecule has 0 heterocycles. The molecule has 0 saturated carbocycles. The van der Waals surface area contributed by atoms with Gasteiger partial charge in [0, 0.05) is 27.8 Å². The van der Waals surface area contributed by atoms with Crippen LogP contribution < -0.4 is 4.90 Å². The van der Waals surface area contributed by atoms with Crippen molar-refractivity contribution < 1.29 is 0 Å². The Bertz CT molecular complexity index is 3020. The van der Waals surface area contributed by atoms with Gasteiger partial charge in [0.15, 0.2) is 0 Å². The minimum atomic E-state index is -0.570. The van der Waals surface area contributed by atoms with E-state index < -0.39 is 5.41 Å². The van der Waals surface area contributed by atoms with Gasteiger partial charge in [-0.1, -0.05) is 215 Å². The van der Waals surface area contributed by atoms with Gasteiger partial charge in [0.2, 0.25) is 0 Å². The van der Waals surface area contributed by atoms with E-state index in [1.54, 1.807) is 0 Å². The summed E-state index contributed by atoms with van der Waals surface area (Å²) in [4.78, 5) is 2.63. The Labute approximate surface area is 381 Å². The highest BCUT2D eigenvalue weighted by atomic mass is 15.1. The second-order valence-corrected chi connectivity index (χ2v) is 21.8. The molecule has 0 unspecified atom stereocenters. The van der Waals surface area contributed by atoms with Gasteiger partial charge in [0.25, 0.3) is 0 Å². The lowest BCUT2D eigenvalue weighted by molar-refractivity contribution is 0.586. The van der Waals surface area contributed by atoms with Crippen molar-refractivity contribution >= 4 is 17.1 Å². The van der Waals surface area contributed by atoms with Crippen LogP contribution >= 0.6 is 0 Å². The maximum absolute atomic E-state index is 2.63. The summed E-state index contributed by atoms with van der Waals surface area (Å²) in [5.41, 5.74) is 23.8. The van der Waals surface area contributed by atoms with Gasteiger partial charge in [-0.2, -0.15) is 0 Å². The van der Waals surface area contributed by atoms with Crippen molar-refractivity contribution in [3.63, 3.8) is 0 Å². The molecule has 0 aliphatic heterocycles. The zero-order chi connectivity index (χ0) is 44.6. The molecule has 0 bridgehead atoms. The first-order valence-electron chi connectivity index (χ1n) is 23.3. The first-order chi connectivity index (χ1) is 30.5. The van der Waals surface area contributed by atoms with E-state index in [4.69, 9.17) is 0 Å². The van der Waals surface area contributed by atoms with Gasteiger partial charge in [-0.3, -0.25) is 0 Å². The molecule has 3 aliphatic rings. The molecule has 1 heteroatoms. The summed E-state index contributed by atoms with van der Waals surface area (Å²) in [6, 6.07) is 67.7. The molecule has 0 amide bonds. The number of rotatable bonds is 5. The molecule has 64 heavy (non-hydrogen) atoms. The lowest BCUT2D eigenvalue weighted by Crippen LogP contribution is -2.30. The number of benzene rings is 8. The average Bonchev–Trinajstić information content (AvgIpc) is 3.81. The van der Waals surface area contributed by atoms with Gasteiger partial charge in [-0.15, -0.1) is 0 Å². The monoisotopic (exact) mass is 829 g/mol. The van der Waals surface area contributed by atoms with Crippen LogP contribution in [0.3, 0.4) is 0 Å². The molecule has 8 aromatic rings. The van der Waals surface area contributed by atoms with Crippen LogP contribution in [0.25, 0.3) is 33.4 Å². The van der Waals surface area contributed by atoms with Gasteiger partial charge >= 0.3 is 0 Å². The Morgan fingerprint density at radius 1 is 0.344 bits per heavy atom. The summed E-state index contributed by atoms with van der Waals surface area (Å²) in [7, 11) is 0. The van der Waals surface area contributed by atoms with Crippen molar-refractivity contribution in [2.45, 2.75) is 96.3 Å². The Balaban J connectivity index is 1.28. The van der Waals surface area contributed by atoms with E-state index in [1.807, 2.05) is 0 Å². The normalized spacial score (nSPS) is 15.7. The van der Waals surface area contributed by atoms with E-state index in [0.29, 0.717) is 0 Å². The van der Waals surface area contributed by atoms with Crippen molar-refractivity contribution in [2.24, 2.45) is 0 Å². The third-order valence-corrected chi connectivity index (χ3v) is 15.3. The van der Waals surface area contributed by atoms with Crippen molar-refractivity contribution in [1.29, 1.82) is 0 Å². The number of hydrogen-bond acceptors (Lipinski definition) is 1. The van der Waals surface area contributed by atoms with E-state index in [9.17, 15) is 0 Å². The van der Waals surface area contributed by atoms with Gasteiger partial charge in [-0.25, -0.2) is 0 Å². The zero-order valence-corrected chi connectivity index (χ0v) is 39.2. The van der Waals surface area contributed by atoms with Gasteiger partial charge in [0.05, 0.1) is 11.1 Å². The van der Waals surface area contributed by atoms with Crippen LogP contribution in [0.5, 0.6) is 0 Å². The van der Waals surface area contributed by atoms with Crippen molar-refractivity contribution in [3.05, 3.63) is 232 Å². The molecule has 11 rings (SSSR count). The van der Waals surface area contributed by atoms with Crippen LogP contribution in [0.15, 0.2) is 176 Å². The molecule has 0 aromatic heterocycles. The number of nitrogens with zero attached hydrogens (tertiary/aromatic N) is 1. The topological polar surface area (TPSA) is 3.24 Å². The van der Waals surface area contributed by atoms with E-state index in [1.165, 1.54) is 106 Å². The summed E-state index contributed by atoms with van der Waals surface area (Å²) < 4.78 is 0. The molecular weight excluding hydrogens is 771 g/mol. The number of hydrogen-bond donors (Lipinski definition) is 0. The summed E-state index contributed by atoms with van der Waals surface area (Å²) in [5, 5.41) is 0. The Hall–Kier alpha value is -6.44. The first kappa shape index (κ1) is 40.3. The quantitative estimate of drug-likeness (QED) is 0.167. The lowest BCUT2D eigenvalue weighted by atomic mass is 9.66. The van der Waals surface area contributed by atoms with Gasteiger partial charge in [-0.05, 0) is 125 Å². The minimum absolute atomic E-state index is 0.0437. The molecule has 8 aromatic carbocycles. The minimum Gasteiger partial charge on any atom is -0.310 e. The fraction of sp³-hybridized carbons (Fsp3) is 0.238. The predicted octanol–water partition coefficient (Wildman–Crippen LogP) is 16.7. The van der Waals surface area contributed by atoms with Crippen molar-refractivity contribution in [2.75, 3.05) is 4.90 Å². The Morgan fingerprint density at radius 2 is 0.766 bits per heavy atom. The second-order valence-electron chi connectivity index (χ2n) is 21.8. The third-order valence-electron chi connectivity index (χ3n) is 15.3. The molecule has 0 atom stereocenters. The van der Waals surface area contributed by atoms with Crippen LogP contribution in [0.2, 0.25) is 0 Å². The fourth-order valence-corrected chi connectivity index (χ4v) is 11.8. The average molecular weight is 830 g/mol. The Kier molecular flexibility index (Phi) is 8.69. The largest absolute Gasteiger partial charge is 0.310 e. The molecule has 316 valence electrons. The van der Waals surface area contributed by atoms with Gasteiger partial charge in [0.1, 0.15) is 0 Å². The lowest BCUT2D eigenvalue weighted by Gasteiger charge is -2.36. The van der Waals surface area contributed by atoms with Crippen LogP contribution in [-0.2, 0) is 27.1 Å². The highest BCUT2D eigenvalue weighted by Gasteiger charge is 2.49. The smallest absolute Gasteiger partial charge is 0.0714 e. The van der Waals surface area contributed by atoms with E-state index >= 15 is 0 Å². The van der Waals surface area contributed by atoms with Gasteiger partial charge < -0.3 is 4.90 Å². The number of anilines is 3. The Morgan fingerprint density at radius 3 is 1.25 bits per heavy atom. The standard InChI is InChI=1S/C63H59N/c1-59(2,3)42-29-32-50-55(35-42)63(40-21-13-11-14-22-40,41-23-15-12-16-24-41)56-36-43(60(4,5)6)37-57(58(50)56)64(44-30-33-48-46-25-17-19-27-51(46)61(7,8)53(48)38-44)45-31-34-49-47-26-18-20-28-52(47)62(9,10)54(49)39-45/h11-39H,1-10H3. The van der Waals surface area contributed by atoms with E-state index in [-0.39, 0.29) is 21.7 Å². The van der Waals surface area contributed by atoms with Crippen LogP contribution in [-0.4, -0.2) is 0 Å². The van der Waals surface area contributed by atoms with Crippen LogP contribution in [0.4, 0.5) is 17.1 Å². The molecular formula is C63H59N. The van der Waals surface area contributed by atoms with E-state index in [0.717, 1.165) is 0 Å². The molecule has 0 spiro atoms. The summed E-state index contributed by atoms with van der Waals surface area (Å²) in [6.45, 7) is 23.7. The van der Waals surface area contributed by atoms with E-state index in [2.05, 4.69) is 250 Å². The molecule has 0 radical (unpaired) electrons. The molecule has 0 N–H and O–H groups in total. The zero-order valence-electron chi connectivity index (χ0n) is 39.2. The van der Waals surface area contributed by atoms with Crippen molar-refractivity contribution in [3.8, 4) is 33.4 Å². The molecule has 1 nitrogen and oxygen atoms in total. The van der Waals surface area contributed by atoms with Crippen LogP contribution in [0.1, 0.15) is 125 Å². The third kappa shape index (κ3) is 5.69. The number of fused-ring (bicyclic) bond motifs is 9. The highest BCUT2D eigenvalue weighted by molar-refractivity contribution is 5.99. The maximum atomic E-state index is 2.63. The van der Waals surface area contributed by atoms with Crippen LogP contribution in [0, 0.1) is 0 Å². The fourth-order valence-electron chi connectivity index (χ4n) is 11.8. The molecule has 0 saturated heterocycles. The summed E-state index contributed by atoms with van der Waals surface area (Å²) >= 11 is 0. The SMILES string of the molecule is CC(C)(C)c1ccc2c(c1)C(c1ccccc1)(c1ccccc1)c1cc(C(C)(C)C)cc(N(c3ccc4c(c3)C(C)(C)c3ccccc3-4)c3ccc4c(c3)C(C)(C)c3ccccc3-4)c1-2. The molecule has 3 aliphatic carbocycles. The predicted molar refractivity (Wildman–Crippen MR) is 271 cm³/mol. The van der Waals surface area contributed by atoms with Crippen molar-refractivity contribution in [1.82, 2.24) is 0 Å². The second kappa shape index (κ2) is 13.8. The maximum Gasteiger partial charge on any atom is 0.0714 e. The highest BCUT2D eigenvalue weighted by Crippen LogP contribution is 2.62. The summed E-state index contributed by atoms with van der Waals surface area (Å²) in [6.07, 6.45) is 0. The first-order valence-corrected chi connectivity index (χ1v) is 23.3. The summed E-state index contributed by atoms with van der Waals surface area (Å²) in [5.74, 6) is 0. The molecule has 0 fully saturated rings.